The molecule has 0 radical (unpaired) electrons. The van der Waals surface area contributed by atoms with Crippen molar-refractivity contribution in [2.75, 3.05) is 6.54 Å². The highest BCUT2D eigenvalue weighted by atomic mass is 79.9. The zero-order valence-corrected chi connectivity index (χ0v) is 14.0. The minimum Gasteiger partial charge on any atom is -0.339 e. The van der Waals surface area contributed by atoms with Crippen LogP contribution in [0.25, 0.3) is 11.4 Å². The fraction of sp³-hybridized carbons (Fsp3) is 0.467. The van der Waals surface area contributed by atoms with Crippen LogP contribution in [0.5, 0.6) is 0 Å². The van der Waals surface area contributed by atoms with E-state index in [0.29, 0.717) is 22.8 Å². The van der Waals surface area contributed by atoms with Crippen molar-refractivity contribution in [1.82, 2.24) is 15.5 Å². The predicted molar refractivity (Wildman–Crippen MR) is 86.4 cm³/mol. The fourth-order valence-corrected chi connectivity index (χ4v) is 3.07. The molecule has 0 aliphatic carbocycles. The molecule has 2 aromatic rings. The van der Waals surface area contributed by atoms with Crippen LogP contribution >= 0.6 is 27.5 Å². The molecule has 1 aliphatic rings. The topological polar surface area (TPSA) is 51.0 Å². The van der Waals surface area contributed by atoms with E-state index in [1.807, 2.05) is 18.2 Å². The summed E-state index contributed by atoms with van der Waals surface area (Å²) in [7, 11) is 0. The van der Waals surface area contributed by atoms with Gasteiger partial charge >= 0.3 is 0 Å². The molecule has 1 fully saturated rings. The first-order valence-electron chi connectivity index (χ1n) is 7.24. The highest BCUT2D eigenvalue weighted by Gasteiger charge is 2.15. The molecule has 1 atom stereocenters. The summed E-state index contributed by atoms with van der Waals surface area (Å²) >= 11 is 9.40. The third kappa shape index (κ3) is 3.84. The SMILES string of the molecule is Clc1ccc(-c2noc(CCC3CCCCN3)n2)cc1Br. The van der Waals surface area contributed by atoms with E-state index in [1.165, 1.54) is 19.3 Å². The summed E-state index contributed by atoms with van der Waals surface area (Å²) in [6.07, 6.45) is 5.70. The largest absolute Gasteiger partial charge is 0.339 e. The number of hydrogen-bond donors (Lipinski definition) is 1. The summed E-state index contributed by atoms with van der Waals surface area (Å²) in [4.78, 5) is 4.47. The van der Waals surface area contributed by atoms with Gasteiger partial charge in [0.2, 0.25) is 11.7 Å². The van der Waals surface area contributed by atoms with Crippen molar-refractivity contribution in [3.8, 4) is 11.4 Å². The second-order valence-electron chi connectivity index (χ2n) is 5.33. The Bertz CT molecular complexity index is 611. The van der Waals surface area contributed by atoms with Crippen molar-refractivity contribution in [1.29, 1.82) is 0 Å². The van der Waals surface area contributed by atoms with Gasteiger partial charge in [0.25, 0.3) is 0 Å². The molecule has 1 saturated heterocycles. The maximum atomic E-state index is 5.99. The molecule has 112 valence electrons. The van der Waals surface area contributed by atoms with Gasteiger partial charge in [-0.05, 0) is 59.9 Å². The van der Waals surface area contributed by atoms with Crippen molar-refractivity contribution in [2.45, 2.75) is 38.1 Å². The zero-order chi connectivity index (χ0) is 14.7. The molecule has 0 spiro atoms. The zero-order valence-electron chi connectivity index (χ0n) is 11.6. The molecule has 6 heteroatoms. The maximum absolute atomic E-state index is 5.99. The Balaban J connectivity index is 1.63. The predicted octanol–water partition coefficient (Wildman–Crippen LogP) is 4.23. The maximum Gasteiger partial charge on any atom is 0.227 e. The number of benzene rings is 1. The van der Waals surface area contributed by atoms with Crippen molar-refractivity contribution < 1.29 is 4.52 Å². The van der Waals surface area contributed by atoms with Gasteiger partial charge in [-0.1, -0.05) is 23.2 Å². The summed E-state index contributed by atoms with van der Waals surface area (Å²) in [5.74, 6) is 1.31. The molecule has 1 unspecified atom stereocenters. The molecule has 0 amide bonds. The van der Waals surface area contributed by atoms with Crippen LogP contribution in [0.15, 0.2) is 27.2 Å². The van der Waals surface area contributed by atoms with Gasteiger partial charge in [0.15, 0.2) is 0 Å². The first-order chi connectivity index (χ1) is 10.2. The highest BCUT2D eigenvalue weighted by Crippen LogP contribution is 2.27. The van der Waals surface area contributed by atoms with Gasteiger partial charge in [-0.2, -0.15) is 4.98 Å². The normalized spacial score (nSPS) is 18.9. The number of rotatable bonds is 4. The fourth-order valence-electron chi connectivity index (χ4n) is 2.58. The number of piperidine rings is 1. The van der Waals surface area contributed by atoms with Crippen LogP contribution in [0.1, 0.15) is 31.6 Å². The van der Waals surface area contributed by atoms with Crippen LogP contribution in [0.2, 0.25) is 5.02 Å². The summed E-state index contributed by atoms with van der Waals surface area (Å²) in [5, 5.41) is 8.25. The summed E-state index contributed by atoms with van der Waals surface area (Å²) < 4.78 is 6.18. The standard InChI is InChI=1S/C15H17BrClN3O/c16-12-9-10(4-6-13(12)17)15-19-14(21-20-15)7-5-11-3-1-2-8-18-11/h4,6,9,11,18H,1-3,5,7-8H2. The van der Waals surface area contributed by atoms with Crippen LogP contribution in [0.4, 0.5) is 0 Å². The Hall–Kier alpha value is -0.910. The van der Waals surface area contributed by atoms with Crippen molar-refractivity contribution in [2.24, 2.45) is 0 Å². The lowest BCUT2D eigenvalue weighted by Crippen LogP contribution is -2.34. The lowest BCUT2D eigenvalue weighted by molar-refractivity contribution is 0.342. The average Bonchev–Trinajstić information content (AvgIpc) is 2.98. The minimum atomic E-state index is 0.582. The van der Waals surface area contributed by atoms with Crippen LogP contribution < -0.4 is 5.32 Å². The number of nitrogens with zero attached hydrogens (tertiary/aromatic N) is 2. The van der Waals surface area contributed by atoms with Crippen LogP contribution in [-0.4, -0.2) is 22.7 Å². The van der Waals surface area contributed by atoms with E-state index < -0.39 is 0 Å². The van der Waals surface area contributed by atoms with Crippen molar-refractivity contribution in [3.63, 3.8) is 0 Å². The first-order valence-corrected chi connectivity index (χ1v) is 8.41. The minimum absolute atomic E-state index is 0.582. The molecule has 21 heavy (non-hydrogen) atoms. The number of aryl methyl sites for hydroxylation is 1. The van der Waals surface area contributed by atoms with E-state index in [1.54, 1.807) is 0 Å². The number of hydrogen-bond acceptors (Lipinski definition) is 4. The van der Waals surface area contributed by atoms with E-state index in [4.69, 9.17) is 16.1 Å². The second-order valence-corrected chi connectivity index (χ2v) is 6.59. The second kappa shape index (κ2) is 6.90. The van der Waals surface area contributed by atoms with Gasteiger partial charge in [0.1, 0.15) is 0 Å². The number of nitrogens with one attached hydrogen (secondary N) is 1. The molecule has 3 rings (SSSR count). The molecular formula is C15H17BrClN3O. The molecule has 1 aromatic heterocycles. The van der Waals surface area contributed by atoms with E-state index in [9.17, 15) is 0 Å². The van der Waals surface area contributed by atoms with Crippen LogP contribution in [0.3, 0.4) is 0 Å². The van der Waals surface area contributed by atoms with Crippen LogP contribution in [0, 0.1) is 0 Å². The van der Waals surface area contributed by atoms with E-state index >= 15 is 0 Å². The highest BCUT2D eigenvalue weighted by molar-refractivity contribution is 9.10. The smallest absolute Gasteiger partial charge is 0.227 e. The Labute approximate surface area is 137 Å². The third-order valence-corrected chi connectivity index (χ3v) is 4.98. The first kappa shape index (κ1) is 15.0. The van der Waals surface area contributed by atoms with Crippen molar-refractivity contribution >= 4 is 27.5 Å². The van der Waals surface area contributed by atoms with Crippen LogP contribution in [-0.2, 0) is 6.42 Å². The number of halogens is 2. The summed E-state index contributed by atoms with van der Waals surface area (Å²) in [6, 6.07) is 6.20. The summed E-state index contributed by atoms with van der Waals surface area (Å²) in [6.45, 7) is 1.12. The third-order valence-electron chi connectivity index (χ3n) is 3.76. The van der Waals surface area contributed by atoms with Crippen molar-refractivity contribution in [3.05, 3.63) is 33.6 Å². The molecular weight excluding hydrogens is 354 g/mol. The molecule has 1 aromatic carbocycles. The molecule has 1 N–H and O–H groups in total. The molecule has 0 bridgehead atoms. The van der Waals surface area contributed by atoms with Gasteiger partial charge in [-0.25, -0.2) is 0 Å². The van der Waals surface area contributed by atoms with Gasteiger partial charge < -0.3 is 9.84 Å². The lowest BCUT2D eigenvalue weighted by atomic mass is 10.0. The Morgan fingerprint density at radius 1 is 1.38 bits per heavy atom. The van der Waals surface area contributed by atoms with E-state index in [2.05, 4.69) is 31.4 Å². The molecule has 4 nitrogen and oxygen atoms in total. The van der Waals surface area contributed by atoms with Gasteiger partial charge in [0, 0.05) is 22.5 Å². The van der Waals surface area contributed by atoms with Gasteiger partial charge in [-0.15, -0.1) is 0 Å². The Kier molecular flexibility index (Phi) is 4.93. The molecule has 1 aliphatic heterocycles. The van der Waals surface area contributed by atoms with Gasteiger partial charge in [0.05, 0.1) is 5.02 Å². The lowest BCUT2D eigenvalue weighted by Gasteiger charge is -2.22. The Morgan fingerprint density at radius 2 is 2.29 bits per heavy atom. The van der Waals surface area contributed by atoms with E-state index in [-0.39, 0.29) is 0 Å². The molecule has 0 saturated carbocycles. The molecule has 2 heterocycles. The summed E-state index contributed by atoms with van der Waals surface area (Å²) in [5.41, 5.74) is 0.900. The van der Waals surface area contributed by atoms with E-state index in [0.717, 1.165) is 29.4 Å². The Morgan fingerprint density at radius 3 is 3.05 bits per heavy atom. The monoisotopic (exact) mass is 369 g/mol. The quantitative estimate of drug-likeness (QED) is 0.875. The number of aromatic nitrogens is 2. The van der Waals surface area contributed by atoms with Gasteiger partial charge in [-0.3, -0.25) is 0 Å². The average molecular weight is 371 g/mol.